The number of aliphatic carboxylic acids is 1. The van der Waals surface area contributed by atoms with Crippen LogP contribution >= 0.6 is 0 Å². The van der Waals surface area contributed by atoms with Crippen LogP contribution in [0.3, 0.4) is 0 Å². The summed E-state index contributed by atoms with van der Waals surface area (Å²) in [6.07, 6.45) is -0.670. The summed E-state index contributed by atoms with van der Waals surface area (Å²) in [6, 6.07) is 0. The first-order valence-corrected chi connectivity index (χ1v) is 4.59. The van der Waals surface area contributed by atoms with Crippen LogP contribution in [0.25, 0.3) is 0 Å². The molecular weight excluding hydrogens is 204 g/mol. The molecule has 0 aromatic rings. The summed E-state index contributed by atoms with van der Waals surface area (Å²) in [4.78, 5) is 20.4. The van der Waals surface area contributed by atoms with Crippen molar-refractivity contribution in [3.8, 4) is 0 Å². The maximum atomic E-state index is 10.5. The number of carbonyl (C=O) groups excluding carboxylic acids is 1. The lowest BCUT2D eigenvalue weighted by Crippen LogP contribution is -2.11. The van der Waals surface area contributed by atoms with E-state index in [0.717, 1.165) is 0 Å². The quantitative estimate of drug-likeness (QED) is 0.594. The fourth-order valence-electron chi connectivity index (χ4n) is 0.543. The molecule has 0 saturated heterocycles. The van der Waals surface area contributed by atoms with Crippen molar-refractivity contribution >= 4 is 22.3 Å². The molecule has 0 fully saturated rings. The van der Waals surface area contributed by atoms with Crippen LogP contribution in [0.5, 0.6) is 0 Å². The van der Waals surface area contributed by atoms with Gasteiger partial charge in [-0.25, -0.2) is 0 Å². The van der Waals surface area contributed by atoms with E-state index in [1.54, 1.807) is 0 Å². The molecule has 0 bridgehead atoms. The molecule has 0 radical (unpaired) electrons. The van der Waals surface area contributed by atoms with Gasteiger partial charge < -0.3 is 9.29 Å². The van der Waals surface area contributed by atoms with Crippen LogP contribution in [0, 0.1) is 0 Å². The fraction of sp³-hybridized carbons (Fsp3) is 0.600. The zero-order valence-electron chi connectivity index (χ0n) is 6.47. The normalized spacial score (nSPS) is 10.8. The lowest BCUT2D eigenvalue weighted by Gasteiger charge is -1.97. The van der Waals surface area contributed by atoms with E-state index >= 15 is 0 Å². The molecule has 0 heterocycles. The first-order chi connectivity index (χ1) is 5.81. The lowest BCUT2D eigenvalue weighted by atomic mass is 10.2. The van der Waals surface area contributed by atoms with Crippen LogP contribution < -0.4 is 0 Å². The standard InChI is InChI=1S/C5H8O7S/c6-4(7)2-1-3-5(8)12-13(9,10)11/h1-3H2,(H,6,7)(H,9,10,11). The number of rotatable bonds is 5. The zero-order valence-corrected chi connectivity index (χ0v) is 7.28. The Balaban J connectivity index is 3.71. The van der Waals surface area contributed by atoms with Gasteiger partial charge in [0.1, 0.15) is 0 Å². The Morgan fingerprint density at radius 2 is 1.77 bits per heavy atom. The third-order valence-corrected chi connectivity index (χ3v) is 1.37. The average molecular weight is 212 g/mol. The molecule has 0 aromatic heterocycles. The summed E-state index contributed by atoms with van der Waals surface area (Å²) >= 11 is 0. The maximum absolute atomic E-state index is 10.5. The highest BCUT2D eigenvalue weighted by atomic mass is 32.3. The fourth-order valence-corrected chi connectivity index (χ4v) is 0.861. The van der Waals surface area contributed by atoms with Gasteiger partial charge in [0.05, 0.1) is 0 Å². The molecule has 0 unspecified atom stereocenters. The summed E-state index contributed by atoms with van der Waals surface area (Å²) in [5.41, 5.74) is 0. The number of carbonyl (C=O) groups is 2. The lowest BCUT2D eigenvalue weighted by molar-refractivity contribution is -0.137. The summed E-state index contributed by atoms with van der Waals surface area (Å²) in [5.74, 6) is -2.27. The van der Waals surface area contributed by atoms with Gasteiger partial charge in [0.25, 0.3) is 0 Å². The van der Waals surface area contributed by atoms with Crippen LogP contribution in [0.4, 0.5) is 0 Å². The molecular formula is C5H8O7S. The summed E-state index contributed by atoms with van der Waals surface area (Å²) in [5, 5.41) is 8.14. The number of hydrogen-bond acceptors (Lipinski definition) is 5. The third kappa shape index (κ3) is 8.76. The van der Waals surface area contributed by atoms with Crippen LogP contribution in [0.15, 0.2) is 0 Å². The molecule has 13 heavy (non-hydrogen) atoms. The van der Waals surface area contributed by atoms with Gasteiger partial charge >= 0.3 is 22.3 Å². The minimum Gasteiger partial charge on any atom is -0.481 e. The van der Waals surface area contributed by atoms with Gasteiger partial charge in [0.15, 0.2) is 0 Å². The van der Waals surface area contributed by atoms with E-state index in [4.69, 9.17) is 9.66 Å². The van der Waals surface area contributed by atoms with Gasteiger partial charge in [-0.1, -0.05) is 0 Å². The van der Waals surface area contributed by atoms with E-state index in [-0.39, 0.29) is 19.3 Å². The number of carboxylic acids is 1. The van der Waals surface area contributed by atoms with E-state index in [0.29, 0.717) is 0 Å². The van der Waals surface area contributed by atoms with Gasteiger partial charge in [-0.2, -0.15) is 8.42 Å². The van der Waals surface area contributed by atoms with Crippen molar-refractivity contribution in [3.63, 3.8) is 0 Å². The van der Waals surface area contributed by atoms with Gasteiger partial charge in [-0.15, -0.1) is 0 Å². The van der Waals surface area contributed by atoms with E-state index in [2.05, 4.69) is 4.18 Å². The highest BCUT2D eigenvalue weighted by Crippen LogP contribution is 1.99. The molecule has 2 N–H and O–H groups in total. The first-order valence-electron chi connectivity index (χ1n) is 3.23. The van der Waals surface area contributed by atoms with E-state index in [9.17, 15) is 18.0 Å². The molecule has 0 spiro atoms. The van der Waals surface area contributed by atoms with Crippen molar-refractivity contribution in [3.05, 3.63) is 0 Å². The predicted molar refractivity (Wildman–Crippen MR) is 39.1 cm³/mol. The van der Waals surface area contributed by atoms with Crippen molar-refractivity contribution in [2.45, 2.75) is 19.3 Å². The Kier molecular flexibility index (Phi) is 4.35. The van der Waals surface area contributed by atoms with Crippen molar-refractivity contribution in [1.82, 2.24) is 0 Å². The third-order valence-electron chi connectivity index (χ3n) is 0.970. The van der Waals surface area contributed by atoms with Gasteiger partial charge in [-0.3, -0.25) is 14.1 Å². The maximum Gasteiger partial charge on any atom is 0.448 e. The van der Waals surface area contributed by atoms with Gasteiger partial charge in [0, 0.05) is 12.8 Å². The SMILES string of the molecule is O=C(O)CCCC(=O)OS(=O)(=O)O. The molecule has 0 aliphatic rings. The molecule has 0 aliphatic heterocycles. The largest absolute Gasteiger partial charge is 0.481 e. The second-order valence-corrected chi connectivity index (χ2v) is 3.15. The van der Waals surface area contributed by atoms with Crippen molar-refractivity contribution in [2.24, 2.45) is 0 Å². The first kappa shape index (κ1) is 11.8. The Bertz CT molecular complexity index is 290. The molecule has 0 aromatic carbocycles. The Hall–Kier alpha value is -1.15. The van der Waals surface area contributed by atoms with E-state index in [1.807, 2.05) is 0 Å². The predicted octanol–water partition coefficient (Wildman–Crippen LogP) is -0.413. The molecule has 0 rings (SSSR count). The van der Waals surface area contributed by atoms with Crippen LogP contribution in [-0.2, 0) is 24.2 Å². The van der Waals surface area contributed by atoms with Crippen molar-refractivity contribution < 1.29 is 31.8 Å². The van der Waals surface area contributed by atoms with Gasteiger partial charge in [0.2, 0.25) is 0 Å². The van der Waals surface area contributed by atoms with Crippen molar-refractivity contribution in [2.75, 3.05) is 0 Å². The summed E-state index contributed by atoms with van der Waals surface area (Å²) < 4.78 is 31.4. The van der Waals surface area contributed by atoms with E-state index < -0.39 is 22.3 Å². The molecule has 76 valence electrons. The molecule has 0 amide bonds. The second-order valence-electron chi connectivity index (χ2n) is 2.13. The molecule has 7 nitrogen and oxygen atoms in total. The molecule has 0 atom stereocenters. The van der Waals surface area contributed by atoms with Crippen LogP contribution in [-0.4, -0.2) is 30.0 Å². The monoisotopic (exact) mass is 212 g/mol. The van der Waals surface area contributed by atoms with Crippen LogP contribution in [0.1, 0.15) is 19.3 Å². The highest BCUT2D eigenvalue weighted by molar-refractivity contribution is 7.81. The van der Waals surface area contributed by atoms with E-state index in [1.165, 1.54) is 0 Å². The second kappa shape index (κ2) is 4.77. The minimum atomic E-state index is -4.77. The Morgan fingerprint density at radius 3 is 2.15 bits per heavy atom. The molecule has 0 saturated carbocycles. The zero-order chi connectivity index (χ0) is 10.5. The topological polar surface area (TPSA) is 118 Å². The summed E-state index contributed by atoms with van der Waals surface area (Å²) in [6.45, 7) is 0. The minimum absolute atomic E-state index is 0.0380. The molecule has 0 aliphatic carbocycles. The number of hydrogen-bond donors (Lipinski definition) is 2. The number of carboxylic acid groups (broad SMARTS) is 1. The highest BCUT2D eigenvalue weighted by Gasteiger charge is 2.12. The van der Waals surface area contributed by atoms with Crippen molar-refractivity contribution in [1.29, 1.82) is 0 Å². The molecule has 8 heteroatoms. The average Bonchev–Trinajstić information content (AvgIpc) is 1.81. The van der Waals surface area contributed by atoms with Crippen LogP contribution in [0.2, 0.25) is 0 Å². The Labute approximate surface area is 74.3 Å². The Morgan fingerprint density at radius 1 is 1.23 bits per heavy atom. The van der Waals surface area contributed by atoms with Gasteiger partial charge in [-0.05, 0) is 6.42 Å². The summed E-state index contributed by atoms with van der Waals surface area (Å²) in [7, 11) is -4.77. The smallest absolute Gasteiger partial charge is 0.448 e.